The van der Waals surface area contributed by atoms with Crippen LogP contribution < -0.4 is 10.0 Å². The van der Waals surface area contributed by atoms with Crippen LogP contribution >= 0.6 is 11.6 Å². The van der Waals surface area contributed by atoms with Gasteiger partial charge in [-0.25, -0.2) is 18.1 Å². The summed E-state index contributed by atoms with van der Waals surface area (Å²) in [6.07, 6.45) is 4.95. The van der Waals surface area contributed by atoms with Gasteiger partial charge in [-0.1, -0.05) is 18.5 Å². The third-order valence-electron chi connectivity index (χ3n) is 3.70. The van der Waals surface area contributed by atoms with Gasteiger partial charge in [0.25, 0.3) is 0 Å². The van der Waals surface area contributed by atoms with Crippen LogP contribution in [0.5, 0.6) is 0 Å². The maximum Gasteiger partial charge on any atom is 0.242 e. The summed E-state index contributed by atoms with van der Waals surface area (Å²) in [7, 11) is -1.88. The zero-order valence-electron chi connectivity index (χ0n) is 11.0. The molecule has 0 aromatic carbocycles. The van der Waals surface area contributed by atoms with E-state index in [1.807, 2.05) is 6.92 Å². The van der Waals surface area contributed by atoms with E-state index in [1.54, 1.807) is 7.05 Å². The van der Waals surface area contributed by atoms with Crippen molar-refractivity contribution < 1.29 is 8.42 Å². The summed E-state index contributed by atoms with van der Waals surface area (Å²) in [4.78, 5) is 4.11. The molecule has 19 heavy (non-hydrogen) atoms. The second-order valence-corrected chi connectivity index (χ2v) is 6.93. The molecular formula is C12H18ClN3O2S. The molecule has 1 heterocycles. The highest BCUT2D eigenvalue weighted by atomic mass is 35.5. The van der Waals surface area contributed by atoms with E-state index in [2.05, 4.69) is 15.0 Å². The lowest BCUT2D eigenvalue weighted by Gasteiger charge is -2.41. The maximum atomic E-state index is 12.3. The standard InChI is InChI=1S/C12H18ClN3O2S/c1-3-12(5-4-6-12)16-19(17,18)9-7-10(13)11(14-2)15-8-9/h7-8,16H,3-6H2,1-2H3,(H,14,15). The molecule has 0 atom stereocenters. The zero-order valence-corrected chi connectivity index (χ0v) is 12.6. The number of sulfonamides is 1. The molecule has 7 heteroatoms. The Morgan fingerprint density at radius 1 is 1.47 bits per heavy atom. The molecule has 0 aliphatic heterocycles. The number of halogens is 1. The Bertz CT molecular complexity index is 565. The molecule has 1 aliphatic carbocycles. The van der Waals surface area contributed by atoms with Gasteiger partial charge in [-0.3, -0.25) is 0 Å². The number of hydrogen-bond acceptors (Lipinski definition) is 4. The Kier molecular flexibility index (Phi) is 4.03. The summed E-state index contributed by atoms with van der Waals surface area (Å²) in [5.74, 6) is 0.467. The smallest absolute Gasteiger partial charge is 0.242 e. The topological polar surface area (TPSA) is 71.1 Å². The van der Waals surface area contributed by atoms with Crippen molar-refractivity contribution in [3.05, 3.63) is 17.3 Å². The number of nitrogens with one attached hydrogen (secondary N) is 2. The van der Waals surface area contributed by atoms with Crippen molar-refractivity contribution in [1.82, 2.24) is 9.71 Å². The van der Waals surface area contributed by atoms with Crippen LogP contribution in [0.2, 0.25) is 5.02 Å². The van der Waals surface area contributed by atoms with Crippen LogP contribution in [-0.2, 0) is 10.0 Å². The molecule has 0 spiro atoms. The van der Waals surface area contributed by atoms with Crippen molar-refractivity contribution in [3.63, 3.8) is 0 Å². The van der Waals surface area contributed by atoms with Gasteiger partial charge >= 0.3 is 0 Å². The number of aromatic nitrogens is 1. The third kappa shape index (κ3) is 2.85. The number of hydrogen-bond donors (Lipinski definition) is 2. The fourth-order valence-electron chi connectivity index (χ4n) is 2.23. The highest BCUT2D eigenvalue weighted by molar-refractivity contribution is 7.89. The van der Waals surface area contributed by atoms with E-state index in [0.29, 0.717) is 10.8 Å². The number of nitrogens with zero attached hydrogens (tertiary/aromatic N) is 1. The highest BCUT2D eigenvalue weighted by Gasteiger charge is 2.39. The fraction of sp³-hybridized carbons (Fsp3) is 0.583. The molecule has 106 valence electrons. The molecule has 1 aromatic rings. The van der Waals surface area contributed by atoms with Crippen LogP contribution in [0.15, 0.2) is 17.2 Å². The van der Waals surface area contributed by atoms with Gasteiger partial charge in [0.2, 0.25) is 10.0 Å². The number of anilines is 1. The molecular weight excluding hydrogens is 286 g/mol. The maximum absolute atomic E-state index is 12.3. The van der Waals surface area contributed by atoms with Gasteiger partial charge in [0.1, 0.15) is 10.7 Å². The van der Waals surface area contributed by atoms with E-state index >= 15 is 0 Å². The van der Waals surface area contributed by atoms with E-state index in [4.69, 9.17) is 11.6 Å². The highest BCUT2D eigenvalue weighted by Crippen LogP contribution is 2.36. The van der Waals surface area contributed by atoms with E-state index in [-0.39, 0.29) is 10.4 Å². The molecule has 0 unspecified atom stereocenters. The summed E-state index contributed by atoms with van der Waals surface area (Å²) in [5, 5.41) is 3.09. The Morgan fingerprint density at radius 2 is 2.16 bits per heavy atom. The molecule has 1 aromatic heterocycles. The summed E-state index contributed by atoms with van der Waals surface area (Å²) in [6.45, 7) is 2.00. The Hall–Kier alpha value is -0.850. The van der Waals surface area contributed by atoms with Crippen molar-refractivity contribution in [2.24, 2.45) is 0 Å². The monoisotopic (exact) mass is 303 g/mol. The van der Waals surface area contributed by atoms with Gasteiger partial charge in [-0.2, -0.15) is 0 Å². The van der Waals surface area contributed by atoms with Crippen LogP contribution in [0, 0.1) is 0 Å². The van der Waals surface area contributed by atoms with Gasteiger partial charge in [-0.15, -0.1) is 0 Å². The average molecular weight is 304 g/mol. The lowest BCUT2D eigenvalue weighted by Crippen LogP contribution is -2.52. The Balaban J connectivity index is 2.27. The van der Waals surface area contributed by atoms with Gasteiger partial charge < -0.3 is 5.32 Å². The lowest BCUT2D eigenvalue weighted by atomic mass is 9.76. The molecule has 0 radical (unpaired) electrons. The minimum atomic E-state index is -3.56. The molecule has 1 fully saturated rings. The predicted molar refractivity (Wildman–Crippen MR) is 76.0 cm³/mol. The molecule has 5 nitrogen and oxygen atoms in total. The first kappa shape index (κ1) is 14.6. The van der Waals surface area contributed by atoms with Crippen LogP contribution in [0.4, 0.5) is 5.82 Å². The van der Waals surface area contributed by atoms with E-state index in [1.165, 1.54) is 12.3 Å². The third-order valence-corrected chi connectivity index (χ3v) is 5.54. The van der Waals surface area contributed by atoms with Crippen LogP contribution in [0.25, 0.3) is 0 Å². The molecule has 2 rings (SSSR count). The van der Waals surface area contributed by atoms with Crippen molar-refractivity contribution >= 4 is 27.4 Å². The summed E-state index contributed by atoms with van der Waals surface area (Å²) < 4.78 is 27.4. The lowest BCUT2D eigenvalue weighted by molar-refractivity contribution is 0.214. The Morgan fingerprint density at radius 3 is 2.58 bits per heavy atom. The minimum Gasteiger partial charge on any atom is -0.372 e. The molecule has 2 N–H and O–H groups in total. The van der Waals surface area contributed by atoms with Crippen LogP contribution in [-0.4, -0.2) is 26.0 Å². The first-order valence-corrected chi connectivity index (χ1v) is 8.16. The van der Waals surface area contributed by atoms with Crippen LogP contribution in [0.3, 0.4) is 0 Å². The molecule has 0 saturated heterocycles. The predicted octanol–water partition coefficient (Wildman–Crippen LogP) is 2.39. The van der Waals surface area contributed by atoms with E-state index in [9.17, 15) is 8.42 Å². The molecule has 0 amide bonds. The second kappa shape index (κ2) is 5.26. The van der Waals surface area contributed by atoms with Gasteiger partial charge in [0.05, 0.1) is 5.02 Å². The summed E-state index contributed by atoms with van der Waals surface area (Å²) in [6, 6.07) is 1.42. The van der Waals surface area contributed by atoms with Crippen LogP contribution in [0.1, 0.15) is 32.6 Å². The average Bonchev–Trinajstić information content (AvgIpc) is 2.34. The SMILES string of the molecule is CCC1(NS(=O)(=O)c2cnc(NC)c(Cl)c2)CCC1. The fourth-order valence-corrected chi connectivity index (χ4v) is 4.05. The number of pyridine rings is 1. The van der Waals surface area contributed by atoms with E-state index in [0.717, 1.165) is 25.7 Å². The van der Waals surface area contributed by atoms with Gasteiger partial charge in [0, 0.05) is 18.8 Å². The summed E-state index contributed by atoms with van der Waals surface area (Å²) in [5.41, 5.74) is -0.285. The van der Waals surface area contributed by atoms with E-state index < -0.39 is 10.0 Å². The van der Waals surface area contributed by atoms with Gasteiger partial charge in [0.15, 0.2) is 0 Å². The first-order chi connectivity index (χ1) is 8.92. The van der Waals surface area contributed by atoms with Crippen molar-refractivity contribution in [3.8, 4) is 0 Å². The quantitative estimate of drug-likeness (QED) is 0.876. The summed E-state index contributed by atoms with van der Waals surface area (Å²) >= 11 is 5.97. The van der Waals surface area contributed by atoms with Crippen molar-refractivity contribution in [1.29, 1.82) is 0 Å². The molecule has 0 bridgehead atoms. The number of rotatable bonds is 5. The first-order valence-electron chi connectivity index (χ1n) is 6.30. The minimum absolute atomic E-state index is 0.108. The largest absolute Gasteiger partial charge is 0.372 e. The normalized spacial score (nSPS) is 17.8. The zero-order chi connectivity index (χ0) is 14.1. The van der Waals surface area contributed by atoms with Crippen molar-refractivity contribution in [2.45, 2.75) is 43.0 Å². The van der Waals surface area contributed by atoms with Crippen molar-refractivity contribution in [2.75, 3.05) is 12.4 Å². The van der Waals surface area contributed by atoms with Gasteiger partial charge in [-0.05, 0) is 31.7 Å². The second-order valence-electron chi connectivity index (χ2n) is 4.84. The Labute approximate surface area is 118 Å². The molecule has 1 aliphatic rings. The molecule has 1 saturated carbocycles.